The van der Waals surface area contributed by atoms with Crippen LogP contribution in [0.25, 0.3) is 0 Å². The number of furan rings is 1. The van der Waals surface area contributed by atoms with Crippen molar-refractivity contribution in [3.05, 3.63) is 117 Å². The van der Waals surface area contributed by atoms with Crippen molar-refractivity contribution in [3.63, 3.8) is 0 Å². The average Bonchev–Trinajstić information content (AvgIpc) is 3.45. The number of hydrogen-bond donors (Lipinski definition) is 2. The first-order chi connectivity index (χ1) is 16.5. The Kier molecular flexibility index (Phi) is 6.27. The first-order valence-corrected chi connectivity index (χ1v) is 11.5. The summed E-state index contributed by atoms with van der Waals surface area (Å²) in [6.45, 7) is 4.53. The molecule has 1 fully saturated rings. The molecule has 0 aliphatic carbocycles. The summed E-state index contributed by atoms with van der Waals surface area (Å²) in [6, 6.07) is 22.4. The molecule has 2 atom stereocenters. The number of H-pyrrole nitrogens is 1. The zero-order valence-electron chi connectivity index (χ0n) is 19.0. The van der Waals surface area contributed by atoms with E-state index in [0.717, 1.165) is 31.2 Å². The van der Waals surface area contributed by atoms with Crippen LogP contribution < -0.4 is 10.9 Å². The van der Waals surface area contributed by atoms with Crippen LogP contribution in [0, 0.1) is 12.7 Å². The molecule has 1 aliphatic heterocycles. The third-order valence-electron chi connectivity index (χ3n) is 6.32. The van der Waals surface area contributed by atoms with Crippen LogP contribution >= 0.6 is 0 Å². The Morgan fingerprint density at radius 1 is 1.06 bits per heavy atom. The van der Waals surface area contributed by atoms with Gasteiger partial charge in [0.1, 0.15) is 17.3 Å². The fourth-order valence-electron chi connectivity index (χ4n) is 4.67. The van der Waals surface area contributed by atoms with E-state index in [1.54, 1.807) is 24.3 Å². The fourth-order valence-corrected chi connectivity index (χ4v) is 4.67. The van der Waals surface area contributed by atoms with Crippen LogP contribution in [-0.4, -0.2) is 28.0 Å². The Balaban J connectivity index is 1.41. The molecule has 0 unspecified atom stereocenters. The lowest BCUT2D eigenvalue weighted by atomic mass is 9.90. The molecule has 0 radical (unpaired) electrons. The summed E-state index contributed by atoms with van der Waals surface area (Å²) in [5.74, 6) is 1.87. The predicted octanol–water partition coefficient (Wildman–Crippen LogP) is 4.81. The zero-order valence-corrected chi connectivity index (χ0v) is 19.0. The minimum atomic E-state index is -0.297. The summed E-state index contributed by atoms with van der Waals surface area (Å²) in [4.78, 5) is 22.4. The number of benzene rings is 2. The van der Waals surface area contributed by atoms with Crippen molar-refractivity contribution >= 4 is 5.95 Å². The van der Waals surface area contributed by atoms with E-state index in [0.29, 0.717) is 17.2 Å². The molecule has 2 aromatic carbocycles. The number of nitrogens with zero attached hydrogens (tertiary/aromatic N) is 2. The monoisotopic (exact) mass is 458 g/mol. The van der Waals surface area contributed by atoms with Crippen LogP contribution in [0.4, 0.5) is 10.3 Å². The fraction of sp³-hybridized carbons (Fsp3) is 0.259. The van der Waals surface area contributed by atoms with Gasteiger partial charge in [-0.05, 0) is 30.7 Å². The average molecular weight is 459 g/mol. The summed E-state index contributed by atoms with van der Waals surface area (Å²) in [7, 11) is 0. The Morgan fingerprint density at radius 3 is 2.59 bits per heavy atom. The van der Waals surface area contributed by atoms with Crippen molar-refractivity contribution in [1.82, 2.24) is 14.9 Å². The number of halogens is 1. The number of anilines is 1. The number of nitrogens with one attached hydrogen (secondary N) is 2. The highest BCUT2D eigenvalue weighted by Gasteiger charge is 2.38. The number of aromatic nitrogens is 2. The van der Waals surface area contributed by atoms with E-state index >= 15 is 0 Å². The van der Waals surface area contributed by atoms with Gasteiger partial charge in [-0.3, -0.25) is 14.7 Å². The number of aryl methyl sites for hydroxylation is 1. The Bertz CT molecular complexity index is 1320. The molecule has 7 heteroatoms. The molecule has 0 spiro atoms. The Hall–Kier alpha value is -3.71. The normalized spacial score (nSPS) is 18.3. The van der Waals surface area contributed by atoms with Gasteiger partial charge in [0.2, 0.25) is 5.95 Å². The molecular formula is C27H27FN4O2. The molecule has 0 bridgehead atoms. The number of likely N-dealkylation sites (tertiary alicyclic amines) is 1. The van der Waals surface area contributed by atoms with E-state index in [9.17, 15) is 9.18 Å². The van der Waals surface area contributed by atoms with Gasteiger partial charge in [0.25, 0.3) is 5.56 Å². The molecule has 2 aromatic heterocycles. The molecule has 3 heterocycles. The molecule has 0 saturated carbocycles. The number of hydrogen-bond acceptors (Lipinski definition) is 5. The van der Waals surface area contributed by atoms with Gasteiger partial charge in [-0.25, -0.2) is 9.37 Å². The Morgan fingerprint density at radius 2 is 1.82 bits per heavy atom. The predicted molar refractivity (Wildman–Crippen MR) is 129 cm³/mol. The van der Waals surface area contributed by atoms with E-state index < -0.39 is 0 Å². The van der Waals surface area contributed by atoms with E-state index in [4.69, 9.17) is 9.40 Å². The number of rotatable bonds is 7. The summed E-state index contributed by atoms with van der Waals surface area (Å²) in [6.07, 6.45) is 0. The second-order valence-electron chi connectivity index (χ2n) is 8.80. The van der Waals surface area contributed by atoms with Crippen molar-refractivity contribution in [1.29, 1.82) is 0 Å². The topological polar surface area (TPSA) is 74.2 Å². The van der Waals surface area contributed by atoms with Crippen molar-refractivity contribution in [3.8, 4) is 0 Å². The maximum atomic E-state index is 14.0. The maximum Gasteiger partial charge on any atom is 0.252 e. The van der Waals surface area contributed by atoms with Crippen molar-refractivity contribution in [2.75, 3.05) is 18.4 Å². The number of aromatic amines is 1. The molecule has 6 nitrogen and oxygen atoms in total. The minimum Gasteiger partial charge on any atom is -0.466 e. The molecule has 1 aliphatic rings. The first-order valence-electron chi connectivity index (χ1n) is 11.5. The summed E-state index contributed by atoms with van der Waals surface area (Å²) < 4.78 is 20.0. The van der Waals surface area contributed by atoms with Gasteiger partial charge in [0.15, 0.2) is 0 Å². The van der Waals surface area contributed by atoms with E-state index in [1.807, 2.05) is 37.3 Å². The van der Waals surface area contributed by atoms with Crippen molar-refractivity contribution in [2.45, 2.75) is 31.8 Å². The molecule has 34 heavy (non-hydrogen) atoms. The van der Waals surface area contributed by atoms with Crippen LogP contribution in [0.3, 0.4) is 0 Å². The smallest absolute Gasteiger partial charge is 0.252 e. The third-order valence-corrected chi connectivity index (χ3v) is 6.32. The van der Waals surface area contributed by atoms with Gasteiger partial charge < -0.3 is 9.73 Å². The van der Waals surface area contributed by atoms with Gasteiger partial charge >= 0.3 is 0 Å². The Labute approximate surface area is 197 Å². The lowest BCUT2D eigenvalue weighted by Gasteiger charge is -2.17. The van der Waals surface area contributed by atoms with Crippen molar-refractivity contribution in [2.24, 2.45) is 0 Å². The van der Waals surface area contributed by atoms with Gasteiger partial charge in [0.05, 0.1) is 5.69 Å². The SMILES string of the molecule is Cc1ccc([C@H]2CN(Cc3ccccc3)C[C@H]2c2cc(=O)[nH]c(NCc3ccccc3F)n2)o1. The largest absolute Gasteiger partial charge is 0.466 e. The first kappa shape index (κ1) is 22.1. The van der Waals surface area contributed by atoms with Gasteiger partial charge in [-0.2, -0.15) is 0 Å². The molecule has 0 amide bonds. The summed E-state index contributed by atoms with van der Waals surface area (Å²) in [5.41, 5.74) is 2.21. The van der Waals surface area contributed by atoms with Crippen LogP contribution in [0.1, 0.15) is 40.2 Å². The lowest BCUT2D eigenvalue weighted by Crippen LogP contribution is -2.21. The molecule has 4 aromatic rings. The molecule has 174 valence electrons. The second-order valence-corrected chi connectivity index (χ2v) is 8.80. The quantitative estimate of drug-likeness (QED) is 0.416. The highest BCUT2D eigenvalue weighted by Crippen LogP contribution is 2.40. The molecule has 5 rings (SSSR count). The van der Waals surface area contributed by atoms with Crippen LogP contribution in [-0.2, 0) is 13.1 Å². The third kappa shape index (κ3) is 4.94. The maximum absolute atomic E-state index is 14.0. The standard InChI is InChI=1S/C27H27FN4O2/c1-18-11-12-25(34-18)22-17-32(15-19-7-3-2-4-8-19)16-21(22)24-13-26(33)31-27(30-24)29-14-20-9-5-6-10-23(20)28/h2-13,21-22H,14-17H2,1H3,(H2,29,30,31,33)/t21-,22+/m1/s1. The highest BCUT2D eigenvalue weighted by atomic mass is 19.1. The molecule has 2 N–H and O–H groups in total. The zero-order chi connectivity index (χ0) is 23.5. The van der Waals surface area contributed by atoms with Crippen LogP contribution in [0.15, 0.2) is 82.0 Å². The van der Waals surface area contributed by atoms with Crippen molar-refractivity contribution < 1.29 is 8.81 Å². The highest BCUT2D eigenvalue weighted by molar-refractivity contribution is 5.32. The van der Waals surface area contributed by atoms with Gasteiger partial charge in [0, 0.05) is 49.6 Å². The second kappa shape index (κ2) is 9.65. The van der Waals surface area contributed by atoms with Crippen LogP contribution in [0.2, 0.25) is 0 Å². The minimum absolute atomic E-state index is 0.00873. The summed E-state index contributed by atoms with van der Waals surface area (Å²) >= 11 is 0. The lowest BCUT2D eigenvalue weighted by molar-refractivity contribution is 0.319. The molecular weight excluding hydrogens is 431 g/mol. The molecule has 1 saturated heterocycles. The van der Waals surface area contributed by atoms with E-state index in [-0.39, 0.29) is 29.8 Å². The van der Waals surface area contributed by atoms with Gasteiger partial charge in [-0.1, -0.05) is 48.5 Å². The van der Waals surface area contributed by atoms with E-state index in [2.05, 4.69) is 27.3 Å². The summed E-state index contributed by atoms with van der Waals surface area (Å²) in [5, 5.41) is 3.07. The van der Waals surface area contributed by atoms with Crippen LogP contribution in [0.5, 0.6) is 0 Å². The van der Waals surface area contributed by atoms with E-state index in [1.165, 1.54) is 11.6 Å². The van der Waals surface area contributed by atoms with Gasteiger partial charge in [-0.15, -0.1) is 0 Å².